The van der Waals surface area contributed by atoms with Crippen molar-refractivity contribution in [3.05, 3.63) is 53.7 Å². The third kappa shape index (κ3) is 1.36. The number of thiophene rings is 1. The zero-order valence-corrected chi connectivity index (χ0v) is 10.9. The lowest BCUT2D eigenvalue weighted by atomic mass is 10.1. The van der Waals surface area contributed by atoms with Crippen LogP contribution in [0.15, 0.2) is 48.7 Å². The first-order valence-electron chi connectivity index (χ1n) is 5.68. The smallest absolute Gasteiger partial charge is 0.0895 e. The van der Waals surface area contributed by atoms with Gasteiger partial charge in [-0.15, -0.1) is 11.3 Å². The van der Waals surface area contributed by atoms with Crippen LogP contribution in [-0.4, -0.2) is 4.98 Å². The van der Waals surface area contributed by atoms with Gasteiger partial charge in [0.1, 0.15) is 0 Å². The second-order valence-corrected chi connectivity index (χ2v) is 5.75. The molecule has 0 aliphatic carbocycles. The molecule has 0 fully saturated rings. The van der Waals surface area contributed by atoms with E-state index in [1.54, 1.807) is 11.3 Å². The maximum absolute atomic E-state index is 6.07. The minimum Gasteiger partial charge on any atom is -0.254 e. The van der Waals surface area contributed by atoms with Gasteiger partial charge in [0.05, 0.1) is 10.2 Å². The maximum atomic E-state index is 6.07. The summed E-state index contributed by atoms with van der Waals surface area (Å²) >= 11 is 7.85. The van der Waals surface area contributed by atoms with Gasteiger partial charge in [-0.05, 0) is 18.2 Å². The van der Waals surface area contributed by atoms with Crippen molar-refractivity contribution < 1.29 is 0 Å². The highest BCUT2D eigenvalue weighted by Gasteiger charge is 2.09. The van der Waals surface area contributed by atoms with Crippen molar-refractivity contribution >= 4 is 54.0 Å². The van der Waals surface area contributed by atoms with Crippen LogP contribution in [0.4, 0.5) is 0 Å². The number of nitrogens with zero attached hydrogens (tertiary/aromatic N) is 1. The van der Waals surface area contributed by atoms with Gasteiger partial charge in [0, 0.05) is 32.1 Å². The number of rotatable bonds is 0. The van der Waals surface area contributed by atoms with Crippen LogP contribution < -0.4 is 0 Å². The fourth-order valence-electron chi connectivity index (χ4n) is 2.32. The predicted molar refractivity (Wildman–Crippen MR) is 79.6 cm³/mol. The van der Waals surface area contributed by atoms with E-state index in [1.807, 2.05) is 24.4 Å². The Balaban J connectivity index is 2.30. The van der Waals surface area contributed by atoms with Crippen LogP contribution in [0.1, 0.15) is 0 Å². The minimum absolute atomic E-state index is 0.761. The zero-order valence-electron chi connectivity index (χ0n) is 9.35. The van der Waals surface area contributed by atoms with Crippen LogP contribution in [0.3, 0.4) is 0 Å². The van der Waals surface area contributed by atoms with Crippen molar-refractivity contribution in [1.29, 1.82) is 0 Å². The number of hydrogen-bond acceptors (Lipinski definition) is 2. The fourth-order valence-corrected chi connectivity index (χ4v) is 3.67. The molecule has 18 heavy (non-hydrogen) atoms. The summed E-state index contributed by atoms with van der Waals surface area (Å²) in [5.74, 6) is 0. The van der Waals surface area contributed by atoms with Gasteiger partial charge in [-0.2, -0.15) is 0 Å². The monoisotopic (exact) mass is 269 g/mol. The molecule has 0 spiro atoms. The molecular formula is C15H8ClNS. The number of benzene rings is 2. The van der Waals surface area contributed by atoms with Gasteiger partial charge in [0.25, 0.3) is 0 Å². The molecule has 1 nitrogen and oxygen atoms in total. The summed E-state index contributed by atoms with van der Waals surface area (Å²) in [7, 11) is 0. The minimum atomic E-state index is 0.761. The molecule has 4 rings (SSSR count). The Kier molecular flexibility index (Phi) is 2.10. The molecule has 0 saturated heterocycles. The lowest BCUT2D eigenvalue weighted by molar-refractivity contribution is 1.47. The summed E-state index contributed by atoms with van der Waals surface area (Å²) in [5.41, 5.74) is 1.05. The van der Waals surface area contributed by atoms with E-state index >= 15 is 0 Å². The molecule has 0 N–H and O–H groups in total. The van der Waals surface area contributed by atoms with Gasteiger partial charge < -0.3 is 0 Å². The topological polar surface area (TPSA) is 12.9 Å². The van der Waals surface area contributed by atoms with E-state index in [0.717, 1.165) is 15.9 Å². The Hall–Kier alpha value is -1.64. The number of hydrogen-bond donors (Lipinski definition) is 0. The molecule has 2 aromatic heterocycles. The first kappa shape index (κ1) is 10.3. The van der Waals surface area contributed by atoms with Crippen molar-refractivity contribution in [2.75, 3.05) is 0 Å². The van der Waals surface area contributed by atoms with Gasteiger partial charge >= 0.3 is 0 Å². The molecule has 0 saturated carbocycles. The average molecular weight is 270 g/mol. The van der Waals surface area contributed by atoms with Gasteiger partial charge in [-0.1, -0.05) is 35.9 Å². The van der Waals surface area contributed by atoms with Gasteiger partial charge in [0.15, 0.2) is 0 Å². The van der Waals surface area contributed by atoms with E-state index in [1.165, 1.54) is 20.2 Å². The molecule has 0 radical (unpaired) electrons. The SMILES string of the molecule is Clc1ccc2sc3c4ccccc4cnc3c2c1. The highest BCUT2D eigenvalue weighted by molar-refractivity contribution is 7.26. The summed E-state index contributed by atoms with van der Waals surface area (Å²) < 4.78 is 2.48. The van der Waals surface area contributed by atoms with E-state index in [0.29, 0.717) is 0 Å². The first-order chi connectivity index (χ1) is 8.83. The van der Waals surface area contributed by atoms with Crippen LogP contribution in [0, 0.1) is 0 Å². The summed E-state index contributed by atoms with van der Waals surface area (Å²) in [6, 6.07) is 14.4. The predicted octanol–water partition coefficient (Wildman–Crippen LogP) is 5.26. The molecule has 0 unspecified atom stereocenters. The number of aromatic nitrogens is 1. The van der Waals surface area contributed by atoms with Crippen molar-refractivity contribution in [2.24, 2.45) is 0 Å². The quantitative estimate of drug-likeness (QED) is 0.424. The molecular weight excluding hydrogens is 262 g/mol. The largest absolute Gasteiger partial charge is 0.254 e. The summed E-state index contributed by atoms with van der Waals surface area (Å²) in [5, 5.41) is 4.35. The average Bonchev–Trinajstić information content (AvgIpc) is 2.77. The fraction of sp³-hybridized carbons (Fsp3) is 0. The van der Waals surface area contributed by atoms with E-state index in [2.05, 4.69) is 29.2 Å². The van der Waals surface area contributed by atoms with Crippen LogP contribution in [0.5, 0.6) is 0 Å². The second-order valence-electron chi connectivity index (χ2n) is 4.27. The standard InChI is InChI=1S/C15H8ClNS/c16-10-5-6-13-12(7-10)14-15(18-13)11-4-2-1-3-9(11)8-17-14/h1-8H. The second kappa shape index (κ2) is 3.67. The first-order valence-corrected chi connectivity index (χ1v) is 6.88. The molecule has 2 aromatic carbocycles. The Bertz CT molecular complexity index is 895. The molecule has 86 valence electrons. The maximum Gasteiger partial charge on any atom is 0.0895 e. The summed E-state index contributed by atoms with van der Waals surface area (Å²) in [4.78, 5) is 4.59. The molecule has 0 atom stereocenters. The van der Waals surface area contributed by atoms with Crippen molar-refractivity contribution in [2.45, 2.75) is 0 Å². The Labute approximate surface area is 113 Å². The molecule has 0 aliphatic rings. The van der Waals surface area contributed by atoms with E-state index in [-0.39, 0.29) is 0 Å². The van der Waals surface area contributed by atoms with E-state index < -0.39 is 0 Å². The Morgan fingerprint density at radius 1 is 1.00 bits per heavy atom. The number of pyridine rings is 1. The normalized spacial score (nSPS) is 11.6. The third-order valence-electron chi connectivity index (χ3n) is 3.16. The van der Waals surface area contributed by atoms with Crippen molar-refractivity contribution in [3.63, 3.8) is 0 Å². The van der Waals surface area contributed by atoms with Crippen LogP contribution in [0.25, 0.3) is 31.1 Å². The van der Waals surface area contributed by atoms with E-state index in [4.69, 9.17) is 11.6 Å². The molecule has 0 bridgehead atoms. The summed E-state index contributed by atoms with van der Waals surface area (Å²) in [6.07, 6.45) is 1.94. The summed E-state index contributed by atoms with van der Waals surface area (Å²) in [6.45, 7) is 0. The lowest BCUT2D eigenvalue weighted by Crippen LogP contribution is -1.77. The van der Waals surface area contributed by atoms with Crippen molar-refractivity contribution in [1.82, 2.24) is 4.98 Å². The van der Waals surface area contributed by atoms with Crippen LogP contribution in [-0.2, 0) is 0 Å². The zero-order chi connectivity index (χ0) is 12.1. The van der Waals surface area contributed by atoms with E-state index in [9.17, 15) is 0 Å². The Morgan fingerprint density at radius 3 is 2.83 bits per heavy atom. The van der Waals surface area contributed by atoms with Crippen LogP contribution >= 0.6 is 22.9 Å². The third-order valence-corrected chi connectivity index (χ3v) is 4.59. The number of fused-ring (bicyclic) bond motifs is 5. The molecule has 0 aliphatic heterocycles. The van der Waals surface area contributed by atoms with Gasteiger partial charge in [0.2, 0.25) is 0 Å². The molecule has 2 heterocycles. The highest BCUT2D eigenvalue weighted by Crippen LogP contribution is 2.37. The van der Waals surface area contributed by atoms with Gasteiger partial charge in [-0.3, -0.25) is 4.98 Å². The highest BCUT2D eigenvalue weighted by atomic mass is 35.5. The molecule has 4 aromatic rings. The van der Waals surface area contributed by atoms with Crippen LogP contribution in [0.2, 0.25) is 5.02 Å². The van der Waals surface area contributed by atoms with Gasteiger partial charge in [-0.25, -0.2) is 0 Å². The Morgan fingerprint density at radius 2 is 1.89 bits per heavy atom. The molecule has 3 heteroatoms. The lowest BCUT2D eigenvalue weighted by Gasteiger charge is -1.97. The number of halogens is 1. The molecule has 0 amide bonds. The van der Waals surface area contributed by atoms with Crippen molar-refractivity contribution in [3.8, 4) is 0 Å².